The predicted octanol–water partition coefficient (Wildman–Crippen LogP) is 2.90. The topological polar surface area (TPSA) is 55.4 Å². The van der Waals surface area contributed by atoms with Gasteiger partial charge >= 0.3 is 0 Å². The number of halogens is 1. The van der Waals surface area contributed by atoms with Gasteiger partial charge in [-0.1, -0.05) is 35.9 Å². The van der Waals surface area contributed by atoms with Gasteiger partial charge in [0.1, 0.15) is 5.82 Å². The van der Waals surface area contributed by atoms with Crippen molar-refractivity contribution in [2.75, 3.05) is 19.1 Å². The van der Waals surface area contributed by atoms with Crippen LogP contribution in [0, 0.1) is 6.92 Å². The van der Waals surface area contributed by atoms with Gasteiger partial charge in [0.25, 0.3) is 11.3 Å². The van der Waals surface area contributed by atoms with E-state index < -0.39 is 0 Å². The van der Waals surface area contributed by atoms with E-state index in [9.17, 15) is 4.79 Å². The fraction of sp³-hybridized carbons (Fsp3) is 0.211. The van der Waals surface area contributed by atoms with Crippen LogP contribution in [0.15, 0.2) is 51.7 Å². The molecule has 26 heavy (non-hydrogen) atoms. The lowest BCUT2D eigenvalue weighted by atomic mass is 10.1. The van der Waals surface area contributed by atoms with Crippen LogP contribution in [-0.2, 0) is 6.42 Å². The molecule has 2 heterocycles. The molecule has 7 heteroatoms. The van der Waals surface area contributed by atoms with Gasteiger partial charge in [-0.05, 0) is 40.5 Å². The van der Waals surface area contributed by atoms with Crippen LogP contribution in [0.3, 0.4) is 0 Å². The largest absolute Gasteiger partial charge is 0.313 e. The van der Waals surface area contributed by atoms with Crippen LogP contribution >= 0.6 is 15.9 Å². The first-order valence-corrected chi connectivity index (χ1v) is 9.07. The summed E-state index contributed by atoms with van der Waals surface area (Å²) in [6, 6.07) is 14.1. The van der Waals surface area contributed by atoms with Crippen LogP contribution < -0.4 is 10.6 Å². The number of aryl methyl sites for hydroxylation is 1. The van der Waals surface area contributed by atoms with E-state index in [4.69, 9.17) is 0 Å². The Labute approximate surface area is 158 Å². The van der Waals surface area contributed by atoms with Gasteiger partial charge in [-0.25, -0.2) is 0 Å². The van der Waals surface area contributed by atoms with Crippen LogP contribution in [0.5, 0.6) is 0 Å². The Balaban J connectivity index is 2.05. The molecule has 0 unspecified atom stereocenters. The molecule has 0 fully saturated rings. The molecule has 0 aliphatic rings. The number of hydrogen-bond donors (Lipinski definition) is 0. The third kappa shape index (κ3) is 2.59. The number of nitrogens with zero attached hydrogens (tertiary/aromatic N) is 5. The maximum absolute atomic E-state index is 13.0. The zero-order valence-electron chi connectivity index (χ0n) is 14.8. The van der Waals surface area contributed by atoms with Crippen molar-refractivity contribution in [2.24, 2.45) is 0 Å². The summed E-state index contributed by atoms with van der Waals surface area (Å²) in [5, 5.41) is 11.0. The SMILES string of the molecule is Cc1ccc(Cc2nnc3n(N(C)C)c(=O)c4c(Br)cccc4n23)cc1. The van der Waals surface area contributed by atoms with E-state index in [1.807, 2.05) is 36.7 Å². The van der Waals surface area contributed by atoms with Gasteiger partial charge < -0.3 is 5.01 Å². The van der Waals surface area contributed by atoms with Crippen molar-refractivity contribution in [1.82, 2.24) is 19.3 Å². The fourth-order valence-corrected chi connectivity index (χ4v) is 3.69. The normalized spacial score (nSPS) is 11.4. The third-order valence-electron chi connectivity index (χ3n) is 4.42. The Kier molecular flexibility index (Phi) is 4.03. The molecule has 0 saturated carbocycles. The average Bonchev–Trinajstić information content (AvgIpc) is 3.00. The first kappa shape index (κ1) is 16.8. The second-order valence-electron chi connectivity index (χ2n) is 6.51. The number of hydrogen-bond acceptors (Lipinski definition) is 4. The van der Waals surface area contributed by atoms with Gasteiger partial charge in [0.2, 0.25) is 0 Å². The van der Waals surface area contributed by atoms with Gasteiger partial charge in [-0.3, -0.25) is 9.20 Å². The van der Waals surface area contributed by atoms with Gasteiger partial charge in [0, 0.05) is 25.0 Å². The standard InChI is InChI=1S/C19H18BrN5O/c1-12-7-9-13(10-8-12)11-16-21-22-19-24(16)15-6-4-5-14(20)17(15)18(26)25(19)23(2)3/h4-10H,11H2,1-3H3. The number of fused-ring (bicyclic) bond motifs is 3. The molecule has 0 saturated heterocycles. The first-order valence-electron chi connectivity index (χ1n) is 8.28. The summed E-state index contributed by atoms with van der Waals surface area (Å²) in [4.78, 5) is 13.0. The van der Waals surface area contributed by atoms with Crippen LogP contribution in [0.25, 0.3) is 16.7 Å². The molecule has 0 radical (unpaired) electrons. The molecule has 0 N–H and O–H groups in total. The van der Waals surface area contributed by atoms with E-state index >= 15 is 0 Å². The minimum absolute atomic E-state index is 0.126. The Bertz CT molecular complexity index is 1170. The van der Waals surface area contributed by atoms with Crippen LogP contribution in [0.1, 0.15) is 17.0 Å². The maximum Gasteiger partial charge on any atom is 0.282 e. The monoisotopic (exact) mass is 411 g/mol. The molecule has 4 aromatic rings. The molecular formula is C19H18BrN5O. The van der Waals surface area contributed by atoms with E-state index in [0.29, 0.717) is 17.6 Å². The highest BCUT2D eigenvalue weighted by Crippen LogP contribution is 2.23. The molecule has 2 aromatic heterocycles. The average molecular weight is 412 g/mol. The fourth-order valence-electron chi connectivity index (χ4n) is 3.16. The molecular weight excluding hydrogens is 394 g/mol. The van der Waals surface area contributed by atoms with Crippen molar-refractivity contribution < 1.29 is 0 Å². The van der Waals surface area contributed by atoms with Gasteiger partial charge in [-0.15, -0.1) is 10.2 Å². The summed E-state index contributed by atoms with van der Waals surface area (Å²) in [6.07, 6.45) is 0.634. The molecule has 4 rings (SSSR count). The van der Waals surface area contributed by atoms with Crippen LogP contribution in [-0.4, -0.2) is 33.4 Å². The second kappa shape index (κ2) is 6.25. The lowest BCUT2D eigenvalue weighted by Gasteiger charge is -2.18. The molecule has 0 spiro atoms. The van der Waals surface area contributed by atoms with Crippen LogP contribution in [0.2, 0.25) is 0 Å². The van der Waals surface area contributed by atoms with Crippen molar-refractivity contribution in [3.05, 3.63) is 74.2 Å². The minimum atomic E-state index is -0.126. The number of rotatable bonds is 3. The Hall–Kier alpha value is -2.67. The lowest BCUT2D eigenvalue weighted by molar-refractivity contribution is 0.708. The van der Waals surface area contributed by atoms with E-state index in [1.54, 1.807) is 9.69 Å². The van der Waals surface area contributed by atoms with E-state index in [2.05, 4.69) is 57.3 Å². The van der Waals surface area contributed by atoms with Crippen molar-refractivity contribution in [2.45, 2.75) is 13.3 Å². The van der Waals surface area contributed by atoms with Crippen molar-refractivity contribution >= 4 is 32.6 Å². The van der Waals surface area contributed by atoms with E-state index in [0.717, 1.165) is 21.4 Å². The summed E-state index contributed by atoms with van der Waals surface area (Å²) >= 11 is 3.52. The van der Waals surface area contributed by atoms with Gasteiger partial charge in [0.15, 0.2) is 0 Å². The van der Waals surface area contributed by atoms with Gasteiger partial charge in [0.05, 0.1) is 10.9 Å². The van der Waals surface area contributed by atoms with Gasteiger partial charge in [-0.2, -0.15) is 4.68 Å². The van der Waals surface area contributed by atoms with E-state index in [1.165, 1.54) is 5.56 Å². The van der Waals surface area contributed by atoms with Crippen molar-refractivity contribution in [3.63, 3.8) is 0 Å². The summed E-state index contributed by atoms with van der Waals surface area (Å²) < 4.78 is 4.26. The maximum atomic E-state index is 13.0. The molecule has 0 amide bonds. The number of aromatic nitrogens is 4. The molecule has 0 atom stereocenters. The molecule has 0 aliphatic carbocycles. The predicted molar refractivity (Wildman–Crippen MR) is 107 cm³/mol. The number of benzene rings is 2. The summed E-state index contributed by atoms with van der Waals surface area (Å²) in [5.41, 5.74) is 3.04. The highest BCUT2D eigenvalue weighted by Gasteiger charge is 2.19. The highest BCUT2D eigenvalue weighted by molar-refractivity contribution is 9.10. The molecule has 6 nitrogen and oxygen atoms in total. The molecule has 0 aliphatic heterocycles. The van der Waals surface area contributed by atoms with Crippen molar-refractivity contribution in [3.8, 4) is 0 Å². The second-order valence-corrected chi connectivity index (χ2v) is 7.37. The summed E-state index contributed by atoms with van der Waals surface area (Å²) in [5.74, 6) is 1.30. The van der Waals surface area contributed by atoms with Crippen molar-refractivity contribution in [1.29, 1.82) is 0 Å². The zero-order valence-corrected chi connectivity index (χ0v) is 16.4. The zero-order chi connectivity index (χ0) is 18.4. The molecule has 0 bridgehead atoms. The summed E-state index contributed by atoms with van der Waals surface area (Å²) in [6.45, 7) is 2.07. The molecule has 2 aromatic carbocycles. The first-order chi connectivity index (χ1) is 12.5. The smallest absolute Gasteiger partial charge is 0.282 e. The highest BCUT2D eigenvalue weighted by atomic mass is 79.9. The quantitative estimate of drug-likeness (QED) is 0.519. The molecule has 132 valence electrons. The summed E-state index contributed by atoms with van der Waals surface area (Å²) in [7, 11) is 3.64. The minimum Gasteiger partial charge on any atom is -0.313 e. The third-order valence-corrected chi connectivity index (χ3v) is 5.08. The van der Waals surface area contributed by atoms with E-state index in [-0.39, 0.29) is 5.56 Å². The Morgan fingerprint density at radius 3 is 2.50 bits per heavy atom. The Morgan fingerprint density at radius 1 is 1.08 bits per heavy atom. The van der Waals surface area contributed by atoms with Crippen LogP contribution in [0.4, 0.5) is 0 Å². The lowest BCUT2D eigenvalue weighted by Crippen LogP contribution is -2.37. The Morgan fingerprint density at radius 2 is 1.81 bits per heavy atom.